The molecule has 1 fully saturated rings. The van der Waals surface area contributed by atoms with Gasteiger partial charge in [-0.1, -0.05) is 12.1 Å². The van der Waals surface area contributed by atoms with E-state index >= 15 is 0 Å². The molecule has 17 heavy (non-hydrogen) atoms. The second kappa shape index (κ2) is 6.38. The third kappa shape index (κ3) is 3.44. The fourth-order valence-electron chi connectivity index (χ4n) is 2.19. The minimum Gasteiger partial charge on any atom is -0.368 e. The van der Waals surface area contributed by atoms with Crippen LogP contribution in [0.2, 0.25) is 0 Å². The van der Waals surface area contributed by atoms with Gasteiger partial charge in [-0.15, -0.1) is 0 Å². The molecule has 0 radical (unpaired) electrons. The van der Waals surface area contributed by atoms with Crippen molar-refractivity contribution >= 4 is 21.6 Å². The maximum Gasteiger partial charge on any atom is 0.0511 e. The number of halogens is 1. The lowest BCUT2D eigenvalue weighted by Gasteiger charge is -2.36. The Hall–Kier alpha value is -0.580. The molecule has 1 heterocycles. The quantitative estimate of drug-likeness (QED) is 0.914. The lowest BCUT2D eigenvalue weighted by Crippen LogP contribution is -2.48. The summed E-state index contributed by atoms with van der Waals surface area (Å²) in [5, 5.41) is 3.20. The third-order valence-corrected chi connectivity index (χ3v) is 3.91. The fourth-order valence-corrected chi connectivity index (χ4v) is 2.73. The zero-order valence-corrected chi connectivity index (χ0v) is 11.9. The van der Waals surface area contributed by atoms with Crippen LogP contribution < -0.4 is 10.2 Å². The van der Waals surface area contributed by atoms with Crippen LogP contribution >= 0.6 is 15.9 Å². The number of hydrogen-bond acceptors (Lipinski definition) is 3. The van der Waals surface area contributed by atoms with Gasteiger partial charge in [0, 0.05) is 43.7 Å². The summed E-state index contributed by atoms with van der Waals surface area (Å²) in [6.07, 6.45) is 0. The lowest BCUT2D eigenvalue weighted by molar-refractivity contribution is 0.259. The highest BCUT2D eigenvalue weighted by Gasteiger charge is 2.17. The molecule has 0 bridgehead atoms. The highest BCUT2D eigenvalue weighted by Crippen LogP contribution is 2.26. The van der Waals surface area contributed by atoms with Gasteiger partial charge in [0.25, 0.3) is 0 Å². The van der Waals surface area contributed by atoms with Crippen molar-refractivity contribution < 1.29 is 0 Å². The number of likely N-dealkylation sites (N-methyl/N-ethyl adjacent to an activating group) is 1. The molecule has 1 aliphatic heterocycles. The number of benzene rings is 1. The first-order valence-corrected chi connectivity index (χ1v) is 6.97. The molecule has 0 aliphatic carbocycles. The van der Waals surface area contributed by atoms with Crippen LogP contribution in [-0.4, -0.2) is 51.2 Å². The van der Waals surface area contributed by atoms with Gasteiger partial charge in [-0.3, -0.25) is 4.90 Å². The first-order chi connectivity index (χ1) is 8.31. The maximum atomic E-state index is 3.62. The van der Waals surface area contributed by atoms with E-state index in [-0.39, 0.29) is 0 Å². The van der Waals surface area contributed by atoms with Gasteiger partial charge in [0.15, 0.2) is 0 Å². The molecule has 4 heteroatoms. The topological polar surface area (TPSA) is 18.5 Å². The molecule has 1 aliphatic rings. The van der Waals surface area contributed by atoms with Crippen molar-refractivity contribution in [2.24, 2.45) is 0 Å². The van der Waals surface area contributed by atoms with Crippen molar-refractivity contribution in [3.05, 3.63) is 28.7 Å². The summed E-state index contributed by atoms with van der Waals surface area (Å²) in [7, 11) is 2.01. The molecule has 1 aromatic carbocycles. The molecule has 1 aromatic rings. The monoisotopic (exact) mass is 297 g/mol. The molecular formula is C13H20BrN3. The molecule has 0 aromatic heterocycles. The Morgan fingerprint density at radius 2 is 1.88 bits per heavy atom. The Morgan fingerprint density at radius 3 is 2.53 bits per heavy atom. The summed E-state index contributed by atoms with van der Waals surface area (Å²) >= 11 is 3.62. The van der Waals surface area contributed by atoms with E-state index in [1.807, 2.05) is 7.05 Å². The fraction of sp³-hybridized carbons (Fsp3) is 0.538. The summed E-state index contributed by atoms with van der Waals surface area (Å²) < 4.78 is 1.20. The van der Waals surface area contributed by atoms with Gasteiger partial charge >= 0.3 is 0 Å². The highest BCUT2D eigenvalue weighted by molar-refractivity contribution is 9.10. The number of nitrogens with one attached hydrogen (secondary N) is 1. The van der Waals surface area contributed by atoms with Crippen LogP contribution in [0.4, 0.5) is 5.69 Å². The highest BCUT2D eigenvalue weighted by atomic mass is 79.9. The van der Waals surface area contributed by atoms with Crippen molar-refractivity contribution in [2.45, 2.75) is 0 Å². The average molecular weight is 298 g/mol. The molecule has 1 N–H and O–H groups in total. The van der Waals surface area contributed by atoms with Gasteiger partial charge in [-0.05, 0) is 35.1 Å². The largest absolute Gasteiger partial charge is 0.368 e. The standard InChI is InChI=1S/C13H20BrN3/c1-15-6-7-16-8-10-17(11-9-16)13-5-3-2-4-12(13)14/h2-5,15H,6-11H2,1H3. The predicted molar refractivity (Wildman–Crippen MR) is 76.7 cm³/mol. The molecule has 1 saturated heterocycles. The summed E-state index contributed by atoms with van der Waals surface area (Å²) in [5.41, 5.74) is 1.32. The average Bonchev–Trinajstić information content (AvgIpc) is 2.38. The van der Waals surface area contributed by atoms with E-state index < -0.39 is 0 Å². The van der Waals surface area contributed by atoms with Crippen molar-refractivity contribution in [1.29, 1.82) is 0 Å². The first kappa shape index (κ1) is 12.9. The Labute approximate surface area is 112 Å². The summed E-state index contributed by atoms with van der Waals surface area (Å²) in [6, 6.07) is 8.47. The second-order valence-electron chi connectivity index (χ2n) is 4.38. The number of nitrogens with zero attached hydrogens (tertiary/aromatic N) is 2. The minimum atomic E-state index is 1.08. The van der Waals surface area contributed by atoms with E-state index in [0.717, 1.165) is 39.3 Å². The van der Waals surface area contributed by atoms with Crippen molar-refractivity contribution in [1.82, 2.24) is 10.2 Å². The van der Waals surface area contributed by atoms with Crippen LogP contribution in [0.1, 0.15) is 0 Å². The smallest absolute Gasteiger partial charge is 0.0511 e. The Kier molecular flexibility index (Phi) is 4.83. The van der Waals surface area contributed by atoms with Gasteiger partial charge in [0.05, 0.1) is 5.69 Å². The number of anilines is 1. The third-order valence-electron chi connectivity index (χ3n) is 3.24. The van der Waals surface area contributed by atoms with Crippen LogP contribution in [0, 0.1) is 0 Å². The number of para-hydroxylation sites is 1. The van der Waals surface area contributed by atoms with Gasteiger partial charge in [0.2, 0.25) is 0 Å². The van der Waals surface area contributed by atoms with Gasteiger partial charge in [-0.2, -0.15) is 0 Å². The molecule has 2 rings (SSSR count). The van der Waals surface area contributed by atoms with E-state index in [1.54, 1.807) is 0 Å². The van der Waals surface area contributed by atoms with Crippen LogP contribution in [0.25, 0.3) is 0 Å². The minimum absolute atomic E-state index is 1.08. The molecule has 94 valence electrons. The number of hydrogen-bond donors (Lipinski definition) is 1. The SMILES string of the molecule is CNCCN1CCN(c2ccccc2Br)CC1. The van der Waals surface area contributed by atoms with Crippen molar-refractivity contribution in [3.63, 3.8) is 0 Å². The predicted octanol–water partition coefficient (Wildman–Crippen LogP) is 1.79. The van der Waals surface area contributed by atoms with Gasteiger partial charge < -0.3 is 10.2 Å². The first-order valence-electron chi connectivity index (χ1n) is 6.17. The van der Waals surface area contributed by atoms with Gasteiger partial charge in [-0.25, -0.2) is 0 Å². The van der Waals surface area contributed by atoms with E-state index in [4.69, 9.17) is 0 Å². The molecular weight excluding hydrogens is 278 g/mol. The van der Waals surface area contributed by atoms with Crippen molar-refractivity contribution in [3.8, 4) is 0 Å². The van der Waals surface area contributed by atoms with Crippen LogP contribution in [0.15, 0.2) is 28.7 Å². The summed E-state index contributed by atoms with van der Waals surface area (Å²) in [4.78, 5) is 4.98. The van der Waals surface area contributed by atoms with E-state index in [2.05, 4.69) is 55.3 Å². The molecule has 3 nitrogen and oxygen atoms in total. The molecule has 0 amide bonds. The normalized spacial score (nSPS) is 17.4. The van der Waals surface area contributed by atoms with Crippen LogP contribution in [0.3, 0.4) is 0 Å². The Bertz CT molecular complexity index is 348. The Morgan fingerprint density at radius 1 is 1.18 bits per heavy atom. The van der Waals surface area contributed by atoms with Crippen LogP contribution in [-0.2, 0) is 0 Å². The van der Waals surface area contributed by atoms with Crippen molar-refractivity contribution in [2.75, 3.05) is 51.2 Å². The number of piperazine rings is 1. The number of rotatable bonds is 4. The molecule has 0 unspecified atom stereocenters. The summed E-state index contributed by atoms with van der Waals surface area (Å²) in [6.45, 7) is 6.78. The lowest BCUT2D eigenvalue weighted by atomic mass is 10.2. The zero-order valence-electron chi connectivity index (χ0n) is 10.3. The van der Waals surface area contributed by atoms with Crippen LogP contribution in [0.5, 0.6) is 0 Å². The zero-order chi connectivity index (χ0) is 12.1. The van der Waals surface area contributed by atoms with Gasteiger partial charge in [0.1, 0.15) is 0 Å². The summed E-state index contributed by atoms with van der Waals surface area (Å²) in [5.74, 6) is 0. The van der Waals surface area contributed by atoms with E-state index in [9.17, 15) is 0 Å². The maximum absolute atomic E-state index is 3.62. The second-order valence-corrected chi connectivity index (χ2v) is 5.24. The molecule has 0 atom stereocenters. The Balaban J connectivity index is 1.89. The molecule has 0 saturated carbocycles. The van der Waals surface area contributed by atoms with E-state index in [0.29, 0.717) is 0 Å². The molecule has 0 spiro atoms. The van der Waals surface area contributed by atoms with E-state index in [1.165, 1.54) is 10.2 Å².